The molecule has 0 amide bonds. The summed E-state index contributed by atoms with van der Waals surface area (Å²) in [5.74, 6) is 4.22. The highest BCUT2D eigenvalue weighted by molar-refractivity contribution is 5.28. The van der Waals surface area contributed by atoms with Gasteiger partial charge in [-0.05, 0) is 75.0 Å². The molecule has 0 radical (unpaired) electrons. The maximum atomic E-state index is 9.25. The minimum Gasteiger partial charge on any atom is -0.198 e. The monoisotopic (exact) mass is 255 g/mol. The Kier molecular flexibility index (Phi) is 2.94. The number of nitrogens with zero attached hydrogens (tertiary/aromatic N) is 1. The second kappa shape index (κ2) is 4.65. The number of rotatable bonds is 0. The standard InChI is InChI=1S/C18H25N/c19-11-12-4-5-14-7-8-16-15-3-1-2-13(15)6-9-17(16)18(14)10-12/h12-16H,1-10H2. The molecule has 0 aromatic rings. The summed E-state index contributed by atoms with van der Waals surface area (Å²) in [6, 6.07) is 2.54. The van der Waals surface area contributed by atoms with Gasteiger partial charge in [0.1, 0.15) is 0 Å². The average molecular weight is 255 g/mol. The van der Waals surface area contributed by atoms with E-state index in [0.717, 1.165) is 36.5 Å². The molecule has 0 heterocycles. The van der Waals surface area contributed by atoms with Gasteiger partial charge < -0.3 is 0 Å². The lowest BCUT2D eigenvalue weighted by molar-refractivity contribution is 0.189. The molecule has 1 heteroatoms. The summed E-state index contributed by atoms with van der Waals surface area (Å²) < 4.78 is 0. The van der Waals surface area contributed by atoms with Crippen molar-refractivity contribution in [2.45, 2.75) is 64.2 Å². The first-order valence-corrected chi connectivity index (χ1v) is 8.48. The quantitative estimate of drug-likeness (QED) is 0.568. The Morgan fingerprint density at radius 3 is 2.68 bits per heavy atom. The molecule has 0 aromatic heterocycles. The van der Waals surface area contributed by atoms with Gasteiger partial charge in [-0.15, -0.1) is 0 Å². The van der Waals surface area contributed by atoms with Gasteiger partial charge in [-0.3, -0.25) is 0 Å². The van der Waals surface area contributed by atoms with Crippen LogP contribution in [0.2, 0.25) is 0 Å². The molecule has 4 aliphatic rings. The predicted molar refractivity (Wildman–Crippen MR) is 76.3 cm³/mol. The lowest BCUT2D eigenvalue weighted by Gasteiger charge is -2.45. The van der Waals surface area contributed by atoms with E-state index in [-0.39, 0.29) is 0 Å². The van der Waals surface area contributed by atoms with Crippen molar-refractivity contribution in [2.75, 3.05) is 0 Å². The molecule has 3 saturated carbocycles. The molecule has 102 valence electrons. The molecule has 5 unspecified atom stereocenters. The Morgan fingerprint density at radius 2 is 1.79 bits per heavy atom. The molecule has 0 saturated heterocycles. The van der Waals surface area contributed by atoms with Crippen molar-refractivity contribution < 1.29 is 0 Å². The summed E-state index contributed by atoms with van der Waals surface area (Å²) in [5, 5.41) is 9.25. The van der Waals surface area contributed by atoms with Crippen LogP contribution in [0.15, 0.2) is 11.1 Å². The van der Waals surface area contributed by atoms with Crippen LogP contribution in [0.3, 0.4) is 0 Å². The van der Waals surface area contributed by atoms with Gasteiger partial charge in [0.15, 0.2) is 0 Å². The Bertz CT molecular complexity index is 441. The lowest BCUT2D eigenvalue weighted by atomic mass is 9.60. The van der Waals surface area contributed by atoms with Gasteiger partial charge >= 0.3 is 0 Å². The number of hydrogen-bond donors (Lipinski definition) is 0. The topological polar surface area (TPSA) is 23.8 Å². The smallest absolute Gasteiger partial charge is 0.0659 e. The van der Waals surface area contributed by atoms with Gasteiger partial charge in [0.05, 0.1) is 12.0 Å². The van der Waals surface area contributed by atoms with E-state index in [1.807, 2.05) is 5.57 Å². The summed E-state index contributed by atoms with van der Waals surface area (Å²) in [7, 11) is 0. The molecule has 5 atom stereocenters. The average Bonchev–Trinajstić information content (AvgIpc) is 2.94. The third-order valence-electron chi connectivity index (χ3n) is 6.71. The fourth-order valence-electron chi connectivity index (χ4n) is 5.84. The van der Waals surface area contributed by atoms with Crippen LogP contribution in [0.1, 0.15) is 64.2 Å². The van der Waals surface area contributed by atoms with E-state index in [9.17, 15) is 5.26 Å². The van der Waals surface area contributed by atoms with Crippen LogP contribution in [0.5, 0.6) is 0 Å². The van der Waals surface area contributed by atoms with Crippen LogP contribution in [-0.2, 0) is 0 Å². The second-order valence-electron chi connectivity index (χ2n) is 7.43. The zero-order valence-electron chi connectivity index (χ0n) is 11.9. The summed E-state index contributed by atoms with van der Waals surface area (Å²) in [6.07, 6.45) is 13.8. The number of fused-ring (bicyclic) bond motifs is 4. The molecule has 4 aliphatic carbocycles. The summed E-state index contributed by atoms with van der Waals surface area (Å²) in [5.41, 5.74) is 3.64. The molecule has 0 aliphatic heterocycles. The van der Waals surface area contributed by atoms with Crippen molar-refractivity contribution >= 4 is 0 Å². The third kappa shape index (κ3) is 1.87. The molecule has 0 spiro atoms. The maximum absolute atomic E-state index is 9.25. The first-order chi connectivity index (χ1) is 9.36. The normalized spacial score (nSPS) is 45.1. The van der Waals surface area contributed by atoms with Crippen molar-refractivity contribution in [1.29, 1.82) is 5.26 Å². The van der Waals surface area contributed by atoms with E-state index in [0.29, 0.717) is 5.92 Å². The van der Waals surface area contributed by atoms with E-state index in [4.69, 9.17) is 0 Å². The minimum atomic E-state index is 0.332. The van der Waals surface area contributed by atoms with Gasteiger partial charge in [0.2, 0.25) is 0 Å². The van der Waals surface area contributed by atoms with E-state index in [2.05, 4.69) is 6.07 Å². The van der Waals surface area contributed by atoms with Gasteiger partial charge in [0.25, 0.3) is 0 Å². The van der Waals surface area contributed by atoms with Gasteiger partial charge in [-0.1, -0.05) is 24.0 Å². The maximum Gasteiger partial charge on any atom is 0.0659 e. The summed E-state index contributed by atoms with van der Waals surface area (Å²) in [4.78, 5) is 0. The van der Waals surface area contributed by atoms with E-state index >= 15 is 0 Å². The predicted octanol–water partition coefficient (Wildman–Crippen LogP) is 4.84. The van der Waals surface area contributed by atoms with Crippen LogP contribution < -0.4 is 0 Å². The zero-order valence-corrected chi connectivity index (χ0v) is 11.9. The summed E-state index contributed by atoms with van der Waals surface area (Å²) >= 11 is 0. The highest BCUT2D eigenvalue weighted by Gasteiger charge is 2.43. The Morgan fingerprint density at radius 1 is 0.895 bits per heavy atom. The molecule has 0 bridgehead atoms. The van der Waals surface area contributed by atoms with Crippen LogP contribution in [0.25, 0.3) is 0 Å². The molecular formula is C18H25N. The van der Waals surface area contributed by atoms with Gasteiger partial charge in [0, 0.05) is 0 Å². The zero-order chi connectivity index (χ0) is 12.8. The Hall–Kier alpha value is -0.770. The van der Waals surface area contributed by atoms with E-state index < -0.39 is 0 Å². The molecule has 3 fully saturated rings. The van der Waals surface area contributed by atoms with Crippen molar-refractivity contribution in [1.82, 2.24) is 0 Å². The van der Waals surface area contributed by atoms with Crippen LogP contribution in [0, 0.1) is 40.9 Å². The molecule has 0 aromatic carbocycles. The van der Waals surface area contributed by atoms with Crippen LogP contribution in [-0.4, -0.2) is 0 Å². The highest BCUT2D eigenvalue weighted by atomic mass is 14.5. The number of nitriles is 1. The Balaban J connectivity index is 1.66. The van der Waals surface area contributed by atoms with Crippen LogP contribution >= 0.6 is 0 Å². The fraction of sp³-hybridized carbons (Fsp3) is 0.833. The SMILES string of the molecule is N#CC1CCC2CCC3C(=C2C1)CCC1CCCC13. The van der Waals surface area contributed by atoms with Crippen LogP contribution in [0.4, 0.5) is 0 Å². The largest absolute Gasteiger partial charge is 0.198 e. The minimum absolute atomic E-state index is 0.332. The van der Waals surface area contributed by atoms with Gasteiger partial charge in [-0.25, -0.2) is 0 Å². The third-order valence-corrected chi connectivity index (χ3v) is 6.71. The van der Waals surface area contributed by atoms with Gasteiger partial charge in [-0.2, -0.15) is 5.26 Å². The fourth-order valence-corrected chi connectivity index (χ4v) is 5.84. The Labute approximate surface area is 117 Å². The summed E-state index contributed by atoms with van der Waals surface area (Å²) in [6.45, 7) is 0. The van der Waals surface area contributed by atoms with Crippen molar-refractivity contribution in [2.24, 2.45) is 29.6 Å². The lowest BCUT2D eigenvalue weighted by Crippen LogP contribution is -2.33. The first-order valence-electron chi connectivity index (χ1n) is 8.48. The van der Waals surface area contributed by atoms with E-state index in [1.165, 1.54) is 51.4 Å². The van der Waals surface area contributed by atoms with E-state index in [1.54, 1.807) is 5.57 Å². The molecular weight excluding hydrogens is 230 g/mol. The molecule has 4 rings (SSSR count). The molecule has 0 N–H and O–H groups in total. The molecule has 19 heavy (non-hydrogen) atoms. The van der Waals surface area contributed by atoms with Crippen molar-refractivity contribution in [3.63, 3.8) is 0 Å². The van der Waals surface area contributed by atoms with Crippen molar-refractivity contribution in [3.05, 3.63) is 11.1 Å². The first kappa shape index (κ1) is 12.0. The number of allylic oxidation sites excluding steroid dienone is 2. The molecule has 1 nitrogen and oxygen atoms in total. The highest BCUT2D eigenvalue weighted by Crippen LogP contribution is 2.55. The second-order valence-corrected chi connectivity index (χ2v) is 7.43. The van der Waals surface area contributed by atoms with Crippen molar-refractivity contribution in [3.8, 4) is 6.07 Å². The number of hydrogen-bond acceptors (Lipinski definition) is 1.